The Morgan fingerprint density at radius 2 is 0.863 bits per heavy atom. The number of aromatic amines is 6. The molecule has 0 aliphatic carbocycles. The van der Waals surface area contributed by atoms with Crippen LogP contribution in [0.15, 0.2) is 89.4 Å². The standard InChI is InChI=1S/C17H17N3O3.C17H20N2O5.C15H16N2O4.5CH4/c1-10(2)14-15(21)19-17(22)20-16(14)23-13-8-11(3)7-12(9-13)5-4-6-18;1-9(2)13-14(20)18-17(21)19-15(13)24-12-7-10(3)6-11(8-12)16-22-4-5-23-16;1-8(2)12-13(19)16-15(20)17-14(12)21-11-5-9(3)4-10(6-11)7-18;;;;;/h4-5,7-10H,1-3H3,(H2,19,20,21,22);6-9,16H,4-5H2,1-3H3,(H2,18,19,20,21);4-8H,1-3H3,(H2,16,17,19,20);5*1H4/b5-4+;;;;;;;. The fraction of sp³-hybridized carbons (Fsp3) is 0.370. The molecule has 0 spiro atoms. The van der Waals surface area contributed by atoms with E-state index >= 15 is 0 Å². The summed E-state index contributed by atoms with van der Waals surface area (Å²) in [5, 5.41) is 8.61. The molecule has 1 aliphatic rings. The summed E-state index contributed by atoms with van der Waals surface area (Å²) in [5.74, 6) is 1.41. The molecule has 3 aromatic heterocycles. The molecule has 0 saturated carbocycles. The Morgan fingerprint density at radius 3 is 1.22 bits per heavy atom. The molecule has 6 aromatic rings. The van der Waals surface area contributed by atoms with Crippen molar-refractivity contribution in [3.63, 3.8) is 0 Å². The Kier molecular flexibility index (Phi) is 26.1. The lowest BCUT2D eigenvalue weighted by Gasteiger charge is -2.15. The van der Waals surface area contributed by atoms with Gasteiger partial charge in [-0.3, -0.25) is 49.1 Å². The van der Waals surface area contributed by atoms with Gasteiger partial charge in [-0.25, -0.2) is 14.4 Å². The minimum Gasteiger partial charge on any atom is -0.440 e. The summed E-state index contributed by atoms with van der Waals surface area (Å²) in [6, 6.07) is 17.9. The normalized spacial score (nSPS) is 11.5. The van der Waals surface area contributed by atoms with Gasteiger partial charge >= 0.3 is 17.1 Å². The Labute approximate surface area is 425 Å². The third-order valence-electron chi connectivity index (χ3n) is 9.82. The van der Waals surface area contributed by atoms with Crippen LogP contribution in [0.4, 0.5) is 0 Å². The summed E-state index contributed by atoms with van der Waals surface area (Å²) >= 11 is 0. The van der Waals surface area contributed by atoms with Crippen molar-refractivity contribution in [3.8, 4) is 41.0 Å². The van der Waals surface area contributed by atoms with Gasteiger partial charge in [0.25, 0.3) is 16.7 Å². The van der Waals surface area contributed by atoms with Crippen molar-refractivity contribution in [1.82, 2.24) is 29.9 Å². The number of benzene rings is 3. The summed E-state index contributed by atoms with van der Waals surface area (Å²) in [4.78, 5) is 95.4. The van der Waals surface area contributed by atoms with Crippen molar-refractivity contribution in [1.29, 1.82) is 5.26 Å². The molecule has 1 aliphatic heterocycles. The van der Waals surface area contributed by atoms with Crippen molar-refractivity contribution in [3.05, 3.63) is 173 Å². The van der Waals surface area contributed by atoms with Crippen LogP contribution < -0.4 is 48.0 Å². The van der Waals surface area contributed by atoms with E-state index in [-0.39, 0.29) is 72.5 Å². The molecule has 1 saturated heterocycles. The average molecular weight is 1010 g/mol. The summed E-state index contributed by atoms with van der Waals surface area (Å²) in [7, 11) is 0. The first-order valence-electron chi connectivity index (χ1n) is 21.5. The molecule has 396 valence electrons. The van der Waals surface area contributed by atoms with Crippen LogP contribution in [0, 0.1) is 32.1 Å². The van der Waals surface area contributed by atoms with Gasteiger partial charge in [-0.2, -0.15) is 5.26 Å². The molecule has 6 N–H and O–H groups in total. The zero-order valence-electron chi connectivity index (χ0n) is 39.0. The highest BCUT2D eigenvalue weighted by Crippen LogP contribution is 2.32. The van der Waals surface area contributed by atoms with Crippen molar-refractivity contribution < 1.29 is 28.5 Å². The predicted octanol–water partition coefficient (Wildman–Crippen LogP) is 10.4. The van der Waals surface area contributed by atoms with E-state index in [4.69, 9.17) is 28.9 Å². The maximum atomic E-state index is 12.0. The van der Waals surface area contributed by atoms with Gasteiger partial charge in [0.05, 0.1) is 36.0 Å². The van der Waals surface area contributed by atoms with Crippen LogP contribution in [-0.2, 0) is 9.47 Å². The molecule has 0 radical (unpaired) electrons. The fourth-order valence-electron chi connectivity index (χ4n) is 7.09. The molecule has 4 heterocycles. The number of carbonyl (C=O) groups is 1. The SMILES string of the molecule is C.C.C.C.C.Cc1cc(/C=C/C#N)cc(Oc2[nH]c(=O)[nH]c(=O)c2C(C)C)c1.Cc1cc(C=O)cc(Oc2[nH]c(=O)[nH]c(=O)c2C(C)C)c1.Cc1cc(Oc2[nH]c(=O)[nH]c(=O)c2C(C)C)cc(C2OCCO2)c1. The summed E-state index contributed by atoms with van der Waals surface area (Å²) in [6.45, 7) is 17.8. The molecule has 0 amide bonds. The van der Waals surface area contributed by atoms with E-state index in [0.717, 1.165) is 27.8 Å². The largest absolute Gasteiger partial charge is 0.440 e. The number of aromatic nitrogens is 6. The Hall–Kier alpha value is -8.08. The number of nitrogens with zero attached hydrogens (tertiary/aromatic N) is 1. The van der Waals surface area contributed by atoms with Crippen LogP contribution in [0.5, 0.6) is 34.9 Å². The topological polar surface area (TPSA) is 284 Å². The maximum Gasteiger partial charge on any atom is 0.328 e. The molecular formula is C54H73N7O12. The average Bonchev–Trinajstić information content (AvgIpc) is 3.77. The van der Waals surface area contributed by atoms with Crippen LogP contribution in [0.2, 0.25) is 0 Å². The Balaban J connectivity index is 0.00000103. The molecule has 0 bridgehead atoms. The second-order valence-corrected chi connectivity index (χ2v) is 16.6. The van der Waals surface area contributed by atoms with Crippen LogP contribution in [0.25, 0.3) is 6.08 Å². The maximum absolute atomic E-state index is 12.0. The minimum absolute atomic E-state index is 0. The first-order chi connectivity index (χ1) is 32.2. The van der Waals surface area contributed by atoms with Gasteiger partial charge in [0.15, 0.2) is 6.29 Å². The van der Waals surface area contributed by atoms with E-state index in [9.17, 15) is 33.6 Å². The summed E-state index contributed by atoms with van der Waals surface area (Å²) in [5.41, 5.74) is 2.69. The molecular weight excluding hydrogens is 939 g/mol. The Bertz CT molecular complexity index is 3210. The molecule has 7 rings (SSSR count). The number of hydrogen-bond acceptors (Lipinski definition) is 13. The number of rotatable bonds is 12. The highest BCUT2D eigenvalue weighted by Gasteiger charge is 2.21. The van der Waals surface area contributed by atoms with Gasteiger partial charge in [-0.05, 0) is 109 Å². The Morgan fingerprint density at radius 1 is 0.521 bits per heavy atom. The third-order valence-corrected chi connectivity index (χ3v) is 9.82. The number of nitrogens with one attached hydrogen (secondary N) is 6. The smallest absolute Gasteiger partial charge is 0.328 e. The van der Waals surface area contributed by atoms with Gasteiger partial charge in [-0.1, -0.05) is 90.8 Å². The highest BCUT2D eigenvalue weighted by atomic mass is 16.7. The molecule has 3 aromatic carbocycles. The van der Waals surface area contributed by atoms with Gasteiger partial charge in [0, 0.05) is 17.2 Å². The second-order valence-electron chi connectivity index (χ2n) is 16.6. The predicted molar refractivity (Wildman–Crippen MR) is 287 cm³/mol. The fourth-order valence-corrected chi connectivity index (χ4v) is 7.09. The summed E-state index contributed by atoms with van der Waals surface area (Å²) < 4.78 is 28.2. The number of carbonyl (C=O) groups excluding carboxylic acids is 1. The van der Waals surface area contributed by atoms with E-state index in [0.29, 0.717) is 59.0 Å². The van der Waals surface area contributed by atoms with Crippen molar-refractivity contribution in [2.45, 2.75) is 123 Å². The van der Waals surface area contributed by atoms with E-state index in [1.165, 1.54) is 6.08 Å². The lowest BCUT2D eigenvalue weighted by atomic mass is 10.1. The zero-order valence-corrected chi connectivity index (χ0v) is 39.0. The van der Waals surface area contributed by atoms with Crippen LogP contribution in [0.1, 0.15) is 158 Å². The van der Waals surface area contributed by atoms with Crippen molar-refractivity contribution in [2.24, 2.45) is 0 Å². The molecule has 1 fully saturated rings. The van der Waals surface area contributed by atoms with E-state index < -0.39 is 40.0 Å². The van der Waals surface area contributed by atoms with Gasteiger partial charge in [-0.15, -0.1) is 0 Å². The second kappa shape index (κ2) is 29.3. The quantitative estimate of drug-likeness (QED) is 0.0492. The highest BCUT2D eigenvalue weighted by molar-refractivity contribution is 5.76. The number of H-pyrrole nitrogens is 6. The van der Waals surface area contributed by atoms with E-state index in [1.807, 2.05) is 86.6 Å². The van der Waals surface area contributed by atoms with Gasteiger partial charge in [0.1, 0.15) is 23.5 Å². The monoisotopic (exact) mass is 1010 g/mol. The van der Waals surface area contributed by atoms with Crippen LogP contribution in [-0.4, -0.2) is 49.4 Å². The lowest BCUT2D eigenvalue weighted by Crippen LogP contribution is -2.26. The first kappa shape index (κ1) is 64.9. The number of aryl methyl sites for hydroxylation is 3. The number of nitriles is 1. The van der Waals surface area contributed by atoms with Gasteiger partial charge < -0.3 is 23.7 Å². The van der Waals surface area contributed by atoms with Crippen LogP contribution in [0.3, 0.4) is 0 Å². The summed E-state index contributed by atoms with van der Waals surface area (Å²) in [6.07, 6.45) is 3.32. The molecule has 0 unspecified atom stereocenters. The van der Waals surface area contributed by atoms with Gasteiger partial charge in [0.2, 0.25) is 17.6 Å². The number of aldehydes is 1. The molecule has 0 atom stereocenters. The number of allylic oxidation sites excluding steroid dienone is 1. The minimum atomic E-state index is -0.636. The number of ether oxygens (including phenoxy) is 5. The molecule has 19 heteroatoms. The zero-order chi connectivity index (χ0) is 49.8. The first-order valence-corrected chi connectivity index (χ1v) is 21.5. The van der Waals surface area contributed by atoms with Crippen molar-refractivity contribution >= 4 is 12.4 Å². The number of hydrogen-bond donors (Lipinski definition) is 6. The van der Waals surface area contributed by atoms with E-state index in [1.54, 1.807) is 42.5 Å². The van der Waals surface area contributed by atoms with E-state index in [2.05, 4.69) is 29.9 Å². The van der Waals surface area contributed by atoms with Crippen molar-refractivity contribution in [2.75, 3.05) is 13.2 Å². The van der Waals surface area contributed by atoms with Crippen LogP contribution >= 0.6 is 0 Å². The third kappa shape index (κ3) is 17.9. The molecule has 73 heavy (non-hydrogen) atoms. The lowest BCUT2D eigenvalue weighted by molar-refractivity contribution is -0.0442. The molecule has 19 nitrogen and oxygen atoms in total.